The van der Waals surface area contributed by atoms with Gasteiger partial charge in [0.25, 0.3) is 0 Å². The second kappa shape index (κ2) is 4.31. The number of hydrogen-bond acceptors (Lipinski definition) is 1. The summed E-state index contributed by atoms with van der Waals surface area (Å²) < 4.78 is 5.59. The highest BCUT2D eigenvalue weighted by Gasteiger charge is 2.17. The molecule has 2 rings (SSSR count). The molecule has 1 aliphatic heterocycles. The van der Waals surface area contributed by atoms with Crippen molar-refractivity contribution in [1.82, 2.24) is 0 Å². The van der Waals surface area contributed by atoms with Crippen molar-refractivity contribution in [3.8, 4) is 5.75 Å². The molecule has 1 heterocycles. The Kier molecular flexibility index (Phi) is 3.35. The molecule has 0 bridgehead atoms. The normalized spacial score (nSPS) is 18.3. The van der Waals surface area contributed by atoms with Crippen LogP contribution < -0.4 is 4.74 Å². The molecular formula is C12H18O. The molecule has 0 saturated carbocycles. The van der Waals surface area contributed by atoms with Crippen LogP contribution in [0.25, 0.3) is 0 Å². The zero-order valence-corrected chi connectivity index (χ0v) is 8.92. The second-order valence-electron chi connectivity index (χ2n) is 3.24. The van der Waals surface area contributed by atoms with Crippen LogP contribution in [0.15, 0.2) is 18.2 Å². The molecule has 0 aromatic heterocycles. The molecule has 1 unspecified atom stereocenters. The Bertz CT molecular complexity index is 278. The number of ether oxygens (including phenoxy) is 1. The van der Waals surface area contributed by atoms with Gasteiger partial charge in [-0.2, -0.15) is 0 Å². The van der Waals surface area contributed by atoms with Gasteiger partial charge in [0.1, 0.15) is 11.9 Å². The number of hydrogen-bond donors (Lipinski definition) is 0. The minimum Gasteiger partial charge on any atom is -0.490 e. The van der Waals surface area contributed by atoms with Crippen LogP contribution in [0.1, 0.15) is 31.9 Å². The van der Waals surface area contributed by atoms with Crippen LogP contribution in [0.5, 0.6) is 5.75 Å². The lowest BCUT2D eigenvalue weighted by atomic mass is 10.1. The maximum absolute atomic E-state index is 5.59. The summed E-state index contributed by atoms with van der Waals surface area (Å²) >= 11 is 0. The third kappa shape index (κ3) is 2.24. The van der Waals surface area contributed by atoms with Crippen molar-refractivity contribution in [2.75, 3.05) is 0 Å². The van der Waals surface area contributed by atoms with Crippen LogP contribution >= 0.6 is 0 Å². The highest BCUT2D eigenvalue weighted by Crippen LogP contribution is 2.28. The van der Waals surface area contributed by atoms with Gasteiger partial charge in [-0.1, -0.05) is 26.0 Å². The largest absolute Gasteiger partial charge is 0.490 e. The number of rotatable bonds is 0. The summed E-state index contributed by atoms with van der Waals surface area (Å²) in [4.78, 5) is 0. The predicted octanol–water partition coefficient (Wildman–Crippen LogP) is 3.34. The molecule has 1 aromatic rings. The molecule has 1 atom stereocenters. The van der Waals surface area contributed by atoms with E-state index in [9.17, 15) is 0 Å². The van der Waals surface area contributed by atoms with Gasteiger partial charge < -0.3 is 4.74 Å². The van der Waals surface area contributed by atoms with E-state index in [2.05, 4.69) is 32.0 Å². The summed E-state index contributed by atoms with van der Waals surface area (Å²) in [5.74, 6) is 1.08. The molecule has 0 N–H and O–H groups in total. The highest BCUT2D eigenvalue weighted by molar-refractivity contribution is 5.40. The SMILES string of the molecule is CC.Cc1ccc2c(c1)OC(C)C2. The first-order valence-electron chi connectivity index (χ1n) is 5.02. The average molecular weight is 178 g/mol. The minimum absolute atomic E-state index is 0.367. The zero-order valence-electron chi connectivity index (χ0n) is 8.92. The Morgan fingerprint density at radius 1 is 1.31 bits per heavy atom. The van der Waals surface area contributed by atoms with E-state index in [0.29, 0.717) is 6.10 Å². The van der Waals surface area contributed by atoms with Gasteiger partial charge in [0.2, 0.25) is 0 Å². The summed E-state index contributed by atoms with van der Waals surface area (Å²) in [7, 11) is 0. The van der Waals surface area contributed by atoms with Crippen LogP contribution in [0.4, 0.5) is 0 Å². The van der Waals surface area contributed by atoms with Crippen molar-refractivity contribution >= 4 is 0 Å². The van der Waals surface area contributed by atoms with Crippen LogP contribution in [0.3, 0.4) is 0 Å². The van der Waals surface area contributed by atoms with Crippen molar-refractivity contribution in [1.29, 1.82) is 0 Å². The molecule has 0 fully saturated rings. The number of aryl methyl sites for hydroxylation is 1. The first kappa shape index (κ1) is 10.1. The standard InChI is InChI=1S/C10H12O.C2H6/c1-7-3-4-9-6-8(2)11-10(9)5-7;1-2/h3-5,8H,6H2,1-2H3;1-2H3. The fraction of sp³-hybridized carbons (Fsp3) is 0.500. The molecule has 72 valence electrons. The van der Waals surface area contributed by atoms with Crippen molar-refractivity contribution in [2.45, 2.75) is 40.2 Å². The van der Waals surface area contributed by atoms with E-state index in [-0.39, 0.29) is 0 Å². The maximum Gasteiger partial charge on any atom is 0.123 e. The monoisotopic (exact) mass is 178 g/mol. The Morgan fingerprint density at radius 3 is 2.69 bits per heavy atom. The molecule has 0 radical (unpaired) electrons. The predicted molar refractivity (Wildman–Crippen MR) is 56.3 cm³/mol. The van der Waals surface area contributed by atoms with Crippen molar-refractivity contribution in [3.63, 3.8) is 0 Å². The molecule has 1 aromatic carbocycles. The Hall–Kier alpha value is -0.980. The number of benzene rings is 1. The molecule has 13 heavy (non-hydrogen) atoms. The third-order valence-electron chi connectivity index (χ3n) is 2.06. The van der Waals surface area contributed by atoms with Gasteiger partial charge in [-0.15, -0.1) is 0 Å². The van der Waals surface area contributed by atoms with Gasteiger partial charge in [0, 0.05) is 6.42 Å². The molecular weight excluding hydrogens is 160 g/mol. The van der Waals surface area contributed by atoms with Crippen molar-refractivity contribution in [3.05, 3.63) is 29.3 Å². The molecule has 0 saturated heterocycles. The van der Waals surface area contributed by atoms with E-state index in [0.717, 1.165) is 12.2 Å². The topological polar surface area (TPSA) is 9.23 Å². The number of fused-ring (bicyclic) bond motifs is 1. The van der Waals surface area contributed by atoms with Crippen LogP contribution in [0, 0.1) is 6.92 Å². The Labute approximate surface area is 80.7 Å². The van der Waals surface area contributed by atoms with Gasteiger partial charge in [-0.25, -0.2) is 0 Å². The maximum atomic E-state index is 5.59. The summed E-state index contributed by atoms with van der Waals surface area (Å²) in [6.45, 7) is 8.20. The summed E-state index contributed by atoms with van der Waals surface area (Å²) in [5, 5.41) is 0. The molecule has 0 spiro atoms. The van der Waals surface area contributed by atoms with Gasteiger partial charge >= 0.3 is 0 Å². The average Bonchev–Trinajstić information content (AvgIpc) is 2.48. The smallest absolute Gasteiger partial charge is 0.123 e. The van der Waals surface area contributed by atoms with E-state index < -0.39 is 0 Å². The van der Waals surface area contributed by atoms with Crippen LogP contribution in [-0.4, -0.2) is 6.10 Å². The fourth-order valence-corrected chi connectivity index (χ4v) is 1.51. The van der Waals surface area contributed by atoms with Gasteiger partial charge in [0.15, 0.2) is 0 Å². The Balaban J connectivity index is 0.000000396. The van der Waals surface area contributed by atoms with E-state index >= 15 is 0 Å². The van der Waals surface area contributed by atoms with Gasteiger partial charge in [-0.3, -0.25) is 0 Å². The lowest BCUT2D eigenvalue weighted by Crippen LogP contribution is -2.05. The summed E-state index contributed by atoms with van der Waals surface area (Å²) in [6, 6.07) is 6.41. The van der Waals surface area contributed by atoms with E-state index in [1.54, 1.807) is 0 Å². The molecule has 1 aliphatic rings. The minimum atomic E-state index is 0.367. The zero-order chi connectivity index (χ0) is 9.84. The lowest BCUT2D eigenvalue weighted by Gasteiger charge is -2.02. The molecule has 0 aliphatic carbocycles. The Morgan fingerprint density at radius 2 is 2.00 bits per heavy atom. The van der Waals surface area contributed by atoms with Gasteiger partial charge in [-0.05, 0) is 31.0 Å². The second-order valence-corrected chi connectivity index (χ2v) is 3.24. The van der Waals surface area contributed by atoms with E-state index in [1.807, 2.05) is 13.8 Å². The summed E-state index contributed by atoms with van der Waals surface area (Å²) in [5.41, 5.74) is 2.63. The molecule has 0 amide bonds. The quantitative estimate of drug-likeness (QED) is 0.592. The first-order valence-corrected chi connectivity index (χ1v) is 5.02. The van der Waals surface area contributed by atoms with Crippen molar-refractivity contribution < 1.29 is 4.74 Å². The van der Waals surface area contributed by atoms with E-state index in [1.165, 1.54) is 11.1 Å². The van der Waals surface area contributed by atoms with Crippen LogP contribution in [0.2, 0.25) is 0 Å². The van der Waals surface area contributed by atoms with Crippen molar-refractivity contribution in [2.24, 2.45) is 0 Å². The fourth-order valence-electron chi connectivity index (χ4n) is 1.51. The summed E-state index contributed by atoms with van der Waals surface area (Å²) in [6.07, 6.45) is 1.43. The molecule has 1 heteroatoms. The third-order valence-corrected chi connectivity index (χ3v) is 2.06. The molecule has 1 nitrogen and oxygen atoms in total. The van der Waals surface area contributed by atoms with E-state index in [4.69, 9.17) is 4.74 Å². The van der Waals surface area contributed by atoms with Gasteiger partial charge in [0.05, 0.1) is 0 Å². The highest BCUT2D eigenvalue weighted by atomic mass is 16.5. The van der Waals surface area contributed by atoms with Crippen LogP contribution in [-0.2, 0) is 6.42 Å². The first-order chi connectivity index (χ1) is 6.25. The lowest BCUT2D eigenvalue weighted by molar-refractivity contribution is 0.254.